The Labute approximate surface area is 110 Å². The lowest BCUT2D eigenvalue weighted by Crippen LogP contribution is -2.07. The predicted molar refractivity (Wildman–Crippen MR) is 72.2 cm³/mol. The fourth-order valence-electron chi connectivity index (χ4n) is 1.54. The van der Waals surface area contributed by atoms with Crippen LogP contribution in [0.25, 0.3) is 5.70 Å². The maximum atomic E-state index is 5.94. The van der Waals surface area contributed by atoms with E-state index in [0.29, 0.717) is 16.7 Å². The summed E-state index contributed by atoms with van der Waals surface area (Å²) in [5.41, 5.74) is 1.62. The molecule has 1 aromatic carbocycles. The first-order valence-corrected chi connectivity index (χ1v) is 6.06. The van der Waals surface area contributed by atoms with Crippen LogP contribution in [0.2, 0.25) is 5.02 Å². The summed E-state index contributed by atoms with van der Waals surface area (Å²) in [6, 6.07) is 7.46. The zero-order valence-electron chi connectivity index (χ0n) is 10.1. The lowest BCUT2D eigenvalue weighted by atomic mass is 10.2. The van der Waals surface area contributed by atoms with Crippen molar-refractivity contribution in [2.75, 3.05) is 5.32 Å². The molecule has 0 saturated heterocycles. The second-order valence-electron chi connectivity index (χ2n) is 3.84. The summed E-state index contributed by atoms with van der Waals surface area (Å²) in [6.07, 6.45) is 0.962. The fourth-order valence-corrected chi connectivity index (χ4v) is 1.73. The Kier molecular flexibility index (Phi) is 3.94. The number of rotatable bonds is 5. The van der Waals surface area contributed by atoms with E-state index in [4.69, 9.17) is 11.6 Å². The first kappa shape index (κ1) is 12.6. The number of aromatic nitrogens is 4. The molecular formula is C12H14ClN5. The maximum Gasteiger partial charge on any atom is 0.247 e. The number of halogens is 1. The molecule has 0 spiro atoms. The number of nitrogens with zero attached hydrogens (tertiary/aromatic N) is 4. The Morgan fingerprint density at radius 2 is 2.33 bits per heavy atom. The van der Waals surface area contributed by atoms with E-state index >= 15 is 0 Å². The topological polar surface area (TPSA) is 55.6 Å². The molecule has 0 radical (unpaired) electrons. The van der Waals surface area contributed by atoms with Crippen LogP contribution in [-0.4, -0.2) is 20.2 Å². The van der Waals surface area contributed by atoms with Gasteiger partial charge >= 0.3 is 0 Å². The summed E-state index contributed by atoms with van der Waals surface area (Å²) in [6.45, 7) is 6.79. The van der Waals surface area contributed by atoms with E-state index in [-0.39, 0.29) is 0 Å². The summed E-state index contributed by atoms with van der Waals surface area (Å²) in [4.78, 5) is 0. The van der Waals surface area contributed by atoms with Crippen LogP contribution < -0.4 is 5.32 Å². The average Bonchev–Trinajstić information content (AvgIpc) is 2.77. The second kappa shape index (κ2) is 5.64. The van der Waals surface area contributed by atoms with Crippen LogP contribution >= 0.6 is 11.6 Å². The first-order chi connectivity index (χ1) is 8.70. The lowest BCUT2D eigenvalue weighted by molar-refractivity contribution is 0.584. The molecule has 18 heavy (non-hydrogen) atoms. The highest BCUT2D eigenvalue weighted by atomic mass is 35.5. The van der Waals surface area contributed by atoms with Gasteiger partial charge in [-0.15, -0.1) is 0 Å². The number of tetrazole rings is 1. The molecule has 2 aromatic rings. The van der Waals surface area contributed by atoms with Crippen LogP contribution in [0.1, 0.15) is 18.9 Å². The normalized spacial score (nSPS) is 10.3. The molecule has 0 fully saturated rings. The number of anilines is 1. The van der Waals surface area contributed by atoms with Crippen LogP contribution in [0.4, 0.5) is 5.95 Å². The second-order valence-corrected chi connectivity index (χ2v) is 4.28. The molecule has 94 valence electrons. The highest BCUT2D eigenvalue weighted by Crippen LogP contribution is 2.18. The van der Waals surface area contributed by atoms with Gasteiger partial charge in [0.05, 0.1) is 0 Å². The minimum absolute atomic E-state index is 0.585. The molecule has 0 aliphatic rings. The van der Waals surface area contributed by atoms with Gasteiger partial charge in [0.15, 0.2) is 0 Å². The summed E-state index contributed by atoms with van der Waals surface area (Å²) >= 11 is 5.94. The smallest absolute Gasteiger partial charge is 0.247 e. The average molecular weight is 264 g/mol. The van der Waals surface area contributed by atoms with Gasteiger partial charge in [-0.3, -0.25) is 0 Å². The van der Waals surface area contributed by atoms with Crippen molar-refractivity contribution in [2.24, 2.45) is 0 Å². The molecule has 0 bridgehead atoms. The minimum Gasteiger partial charge on any atom is -0.323 e. The number of nitrogens with one attached hydrogen (secondary N) is 1. The van der Waals surface area contributed by atoms with Crippen molar-refractivity contribution >= 4 is 23.2 Å². The van der Waals surface area contributed by atoms with Gasteiger partial charge in [0.25, 0.3) is 0 Å². The Morgan fingerprint density at radius 1 is 1.50 bits per heavy atom. The zero-order chi connectivity index (χ0) is 13.0. The van der Waals surface area contributed by atoms with Crippen LogP contribution in [0.15, 0.2) is 30.8 Å². The van der Waals surface area contributed by atoms with E-state index in [0.717, 1.165) is 18.5 Å². The standard InChI is InChI=1S/C12H14ClN5/c1-3-7-18-12(15-16-17-18)14-9(2)10-5-4-6-11(13)8-10/h4-6,8H,2-3,7H2,1H3,(H,14,15,17). The Morgan fingerprint density at radius 3 is 3.06 bits per heavy atom. The van der Waals surface area contributed by atoms with Crippen molar-refractivity contribution in [1.29, 1.82) is 0 Å². The highest BCUT2D eigenvalue weighted by molar-refractivity contribution is 6.30. The van der Waals surface area contributed by atoms with Crippen molar-refractivity contribution in [1.82, 2.24) is 20.2 Å². The van der Waals surface area contributed by atoms with Crippen molar-refractivity contribution < 1.29 is 0 Å². The van der Waals surface area contributed by atoms with Crippen molar-refractivity contribution in [3.05, 3.63) is 41.4 Å². The van der Waals surface area contributed by atoms with Gasteiger partial charge in [0.2, 0.25) is 5.95 Å². The van der Waals surface area contributed by atoms with Gasteiger partial charge in [-0.1, -0.05) is 42.3 Å². The quantitative estimate of drug-likeness (QED) is 0.901. The molecule has 0 unspecified atom stereocenters. The molecule has 6 heteroatoms. The molecule has 0 aliphatic carbocycles. The Bertz CT molecular complexity index is 549. The van der Waals surface area contributed by atoms with Gasteiger partial charge in [-0.05, 0) is 34.5 Å². The molecular weight excluding hydrogens is 250 g/mol. The molecule has 1 heterocycles. The van der Waals surface area contributed by atoms with E-state index in [2.05, 4.69) is 34.3 Å². The highest BCUT2D eigenvalue weighted by Gasteiger charge is 2.07. The van der Waals surface area contributed by atoms with E-state index < -0.39 is 0 Å². The molecule has 5 nitrogen and oxygen atoms in total. The van der Waals surface area contributed by atoms with E-state index in [1.807, 2.05) is 24.3 Å². The molecule has 0 atom stereocenters. The fraction of sp³-hybridized carbons (Fsp3) is 0.250. The Balaban J connectivity index is 2.14. The molecule has 0 amide bonds. The Hall–Kier alpha value is -1.88. The van der Waals surface area contributed by atoms with Gasteiger partial charge in [-0.25, -0.2) is 4.68 Å². The first-order valence-electron chi connectivity index (χ1n) is 5.68. The van der Waals surface area contributed by atoms with Crippen LogP contribution in [0, 0.1) is 0 Å². The molecule has 0 aliphatic heterocycles. The molecule has 1 N–H and O–H groups in total. The third kappa shape index (κ3) is 2.87. The number of hydrogen-bond acceptors (Lipinski definition) is 4. The van der Waals surface area contributed by atoms with Crippen LogP contribution in [-0.2, 0) is 6.54 Å². The number of hydrogen-bond donors (Lipinski definition) is 1. The largest absolute Gasteiger partial charge is 0.323 e. The number of aryl methyl sites for hydroxylation is 1. The van der Waals surface area contributed by atoms with Gasteiger partial charge < -0.3 is 5.32 Å². The SMILES string of the molecule is C=C(Nc1nnnn1CCC)c1cccc(Cl)c1. The summed E-state index contributed by atoms with van der Waals surface area (Å²) in [7, 11) is 0. The van der Waals surface area contributed by atoms with Crippen LogP contribution in [0.5, 0.6) is 0 Å². The maximum absolute atomic E-state index is 5.94. The van der Waals surface area contributed by atoms with Gasteiger partial charge in [-0.2, -0.15) is 0 Å². The summed E-state index contributed by atoms with van der Waals surface area (Å²) in [5, 5.41) is 15.2. The third-order valence-corrected chi connectivity index (χ3v) is 2.64. The van der Waals surface area contributed by atoms with E-state index in [9.17, 15) is 0 Å². The summed E-state index contributed by atoms with van der Waals surface area (Å²) in [5.74, 6) is 0.585. The number of benzene rings is 1. The van der Waals surface area contributed by atoms with Crippen molar-refractivity contribution in [2.45, 2.75) is 19.9 Å². The van der Waals surface area contributed by atoms with Crippen molar-refractivity contribution in [3.63, 3.8) is 0 Å². The van der Waals surface area contributed by atoms with Crippen LogP contribution in [0.3, 0.4) is 0 Å². The van der Waals surface area contributed by atoms with E-state index in [1.54, 1.807) is 4.68 Å². The van der Waals surface area contributed by atoms with Gasteiger partial charge in [0.1, 0.15) is 0 Å². The predicted octanol–water partition coefficient (Wildman–Crippen LogP) is 2.82. The third-order valence-electron chi connectivity index (χ3n) is 2.40. The molecule has 1 aromatic heterocycles. The van der Waals surface area contributed by atoms with Gasteiger partial charge in [0, 0.05) is 17.3 Å². The minimum atomic E-state index is 0.585. The van der Waals surface area contributed by atoms with E-state index in [1.165, 1.54) is 0 Å². The van der Waals surface area contributed by atoms with Crippen molar-refractivity contribution in [3.8, 4) is 0 Å². The monoisotopic (exact) mass is 263 g/mol. The zero-order valence-corrected chi connectivity index (χ0v) is 10.9. The lowest BCUT2D eigenvalue weighted by Gasteiger charge is -2.09. The summed E-state index contributed by atoms with van der Waals surface area (Å²) < 4.78 is 1.70. The molecule has 2 rings (SSSR count). The molecule has 0 saturated carbocycles.